The first-order chi connectivity index (χ1) is 14.7. The van der Waals surface area contributed by atoms with E-state index in [0.717, 1.165) is 40.1 Å². The summed E-state index contributed by atoms with van der Waals surface area (Å²) in [6.45, 7) is 21.4. The molecule has 3 aromatic rings. The summed E-state index contributed by atoms with van der Waals surface area (Å²) in [6, 6.07) is 16.3. The number of nitrogens with zero attached hydrogens (tertiary/aromatic N) is 1. The molecule has 0 spiro atoms. The first kappa shape index (κ1) is 29.8. The molecule has 0 fully saturated rings. The summed E-state index contributed by atoms with van der Waals surface area (Å²) in [4.78, 5) is 12.9. The van der Waals surface area contributed by atoms with Gasteiger partial charge in [-0.15, -0.1) is 6.07 Å². The molecule has 0 aliphatic rings. The van der Waals surface area contributed by atoms with Gasteiger partial charge in [0.05, 0.1) is 5.69 Å². The van der Waals surface area contributed by atoms with Crippen molar-refractivity contribution in [3.05, 3.63) is 90.2 Å². The van der Waals surface area contributed by atoms with Gasteiger partial charge in [0.15, 0.2) is 0 Å². The van der Waals surface area contributed by atoms with Crippen molar-refractivity contribution in [3.63, 3.8) is 0 Å². The maximum Gasteiger partial charge on any atom is 0.226 e. The van der Waals surface area contributed by atoms with Gasteiger partial charge in [-0.05, 0) is 24.5 Å². The van der Waals surface area contributed by atoms with E-state index in [4.69, 9.17) is 14.3 Å². The molecule has 0 bridgehead atoms. The Kier molecular flexibility index (Phi) is 13.1. The van der Waals surface area contributed by atoms with Crippen molar-refractivity contribution in [1.29, 1.82) is 0 Å². The van der Waals surface area contributed by atoms with Crippen LogP contribution in [0.2, 0.25) is 0 Å². The molecule has 1 N–H and O–H groups in total. The summed E-state index contributed by atoms with van der Waals surface area (Å²) < 4.78 is 6.10. The van der Waals surface area contributed by atoms with E-state index in [1.165, 1.54) is 5.56 Å². The van der Waals surface area contributed by atoms with E-state index in [-0.39, 0.29) is 38.1 Å². The number of hydrogen-bond acceptors (Lipinski definition) is 3. The minimum atomic E-state index is -0.153. The summed E-state index contributed by atoms with van der Waals surface area (Å²) >= 11 is 0. The van der Waals surface area contributed by atoms with E-state index < -0.39 is 0 Å². The Labute approximate surface area is 218 Å². The van der Waals surface area contributed by atoms with Crippen LogP contribution in [0.5, 0.6) is 0 Å². The second-order valence-electron chi connectivity index (χ2n) is 7.67. The molecular formula is C27H33NO3Y-2. The number of benzene rings is 2. The van der Waals surface area contributed by atoms with Crippen LogP contribution in [0.3, 0.4) is 0 Å². The van der Waals surface area contributed by atoms with Gasteiger partial charge in [0.2, 0.25) is 5.89 Å². The number of aliphatic hydroxyl groups excluding tert-OH is 1. The number of hydrogen-bond donors (Lipinski definition) is 1. The van der Waals surface area contributed by atoms with Crippen molar-refractivity contribution in [2.24, 2.45) is 5.41 Å². The van der Waals surface area contributed by atoms with Gasteiger partial charge in [0, 0.05) is 44.7 Å². The van der Waals surface area contributed by atoms with Crippen molar-refractivity contribution in [3.8, 4) is 11.5 Å². The third-order valence-electron chi connectivity index (χ3n) is 5.03. The molecule has 3 rings (SSSR count). The number of oxazole rings is 1. The Bertz CT molecular complexity index is 991. The van der Waals surface area contributed by atoms with Crippen molar-refractivity contribution >= 4 is 12.0 Å². The number of rotatable bonds is 5. The summed E-state index contributed by atoms with van der Waals surface area (Å²) in [5.74, 6) is 1.59. The van der Waals surface area contributed by atoms with Crippen LogP contribution in [-0.2, 0) is 43.9 Å². The summed E-state index contributed by atoms with van der Waals surface area (Å²) in [5, 5.41) is 6.76. The van der Waals surface area contributed by atoms with Crippen LogP contribution in [-0.4, -0.2) is 16.6 Å². The van der Waals surface area contributed by atoms with Crippen LogP contribution < -0.4 is 0 Å². The van der Waals surface area contributed by atoms with E-state index in [9.17, 15) is 0 Å². The monoisotopic (exact) mass is 508 g/mol. The molecule has 0 atom stereocenters. The number of aryl methyl sites for hydroxylation is 2. The molecule has 0 aliphatic carbocycles. The predicted octanol–water partition coefficient (Wildman–Crippen LogP) is 7.06. The van der Waals surface area contributed by atoms with E-state index >= 15 is 0 Å². The van der Waals surface area contributed by atoms with Gasteiger partial charge in [0.25, 0.3) is 0 Å². The normalized spacial score (nSPS) is 9.94. The summed E-state index contributed by atoms with van der Waals surface area (Å²) in [5.41, 5.74) is 6.23. The zero-order valence-corrected chi connectivity index (χ0v) is 22.9. The van der Waals surface area contributed by atoms with Crippen LogP contribution in [0.25, 0.3) is 17.0 Å². The standard InChI is InChI=1S/C24H26NO.C2H6.CHO2.Y/c1-16-12-13-21(14-17(16)2)18(3)24(5,6)15-22-19(4)25-23(26-22)20-10-8-7-9-11-20;1-2;2-1-3;/h7-14H,2-3,15H2,1,4-6H3;1-2H3;(H,2,3);/q-1;;-1;. The fourth-order valence-corrected chi connectivity index (χ4v) is 3.05. The Balaban J connectivity index is 0.00000148. The fourth-order valence-electron chi connectivity index (χ4n) is 3.05. The molecule has 1 aromatic heterocycles. The molecule has 32 heavy (non-hydrogen) atoms. The first-order valence-corrected chi connectivity index (χ1v) is 10.3. The average Bonchev–Trinajstić information content (AvgIpc) is 3.12. The molecule has 1 radical (unpaired) electrons. The smallest absolute Gasteiger partial charge is 0.226 e. The zero-order valence-electron chi connectivity index (χ0n) is 20.0. The minimum absolute atomic E-state index is 0. The van der Waals surface area contributed by atoms with Crippen LogP contribution >= 0.6 is 0 Å². The van der Waals surface area contributed by atoms with E-state index in [2.05, 4.69) is 57.5 Å². The molecule has 0 unspecified atom stereocenters. The first-order valence-electron chi connectivity index (χ1n) is 10.3. The van der Waals surface area contributed by atoms with E-state index in [0.29, 0.717) is 12.4 Å². The fraction of sp³-hybridized carbons (Fsp3) is 0.296. The quantitative estimate of drug-likeness (QED) is 0.375. The topological polar surface area (TPSA) is 63.3 Å². The van der Waals surface area contributed by atoms with Crippen molar-refractivity contribution in [2.75, 3.05) is 0 Å². The molecule has 5 heteroatoms. The Morgan fingerprint density at radius 1 is 1.16 bits per heavy atom. The Morgan fingerprint density at radius 3 is 2.25 bits per heavy atom. The van der Waals surface area contributed by atoms with Crippen molar-refractivity contribution in [2.45, 2.75) is 48.0 Å². The molecule has 0 amide bonds. The molecular weight excluding hydrogens is 475 g/mol. The van der Waals surface area contributed by atoms with Crippen molar-refractivity contribution in [1.82, 2.24) is 4.98 Å². The van der Waals surface area contributed by atoms with E-state index in [1.54, 1.807) is 0 Å². The Morgan fingerprint density at radius 2 is 1.72 bits per heavy atom. The molecule has 4 nitrogen and oxygen atoms in total. The van der Waals surface area contributed by atoms with Crippen LogP contribution in [0, 0.1) is 26.2 Å². The maximum absolute atomic E-state index is 8.24. The molecule has 2 aromatic carbocycles. The molecule has 0 saturated carbocycles. The van der Waals surface area contributed by atoms with Gasteiger partial charge in [0.1, 0.15) is 5.76 Å². The minimum Gasteiger partial charge on any atom is -0.665 e. The van der Waals surface area contributed by atoms with Gasteiger partial charge >= 0.3 is 0 Å². The van der Waals surface area contributed by atoms with Crippen LogP contribution in [0.4, 0.5) is 0 Å². The molecule has 0 saturated heterocycles. The number of aromatic nitrogens is 1. The zero-order chi connectivity index (χ0) is 23.6. The summed E-state index contributed by atoms with van der Waals surface area (Å²) in [7, 11) is 0. The molecule has 1 heterocycles. The van der Waals surface area contributed by atoms with Gasteiger partial charge in [-0.3, -0.25) is 0 Å². The second kappa shape index (κ2) is 14.1. The second-order valence-corrected chi connectivity index (χ2v) is 7.67. The largest absolute Gasteiger partial charge is 0.665 e. The average molecular weight is 508 g/mol. The maximum atomic E-state index is 8.24. The van der Waals surface area contributed by atoms with Crippen LogP contribution in [0.1, 0.15) is 55.8 Å². The van der Waals surface area contributed by atoms with Gasteiger partial charge in [-0.1, -0.05) is 83.1 Å². The third-order valence-corrected chi connectivity index (χ3v) is 5.03. The van der Waals surface area contributed by atoms with Gasteiger partial charge in [-0.2, -0.15) is 24.1 Å². The third kappa shape index (κ3) is 8.07. The Hall–Kier alpha value is -2.17. The van der Waals surface area contributed by atoms with E-state index in [1.807, 2.05) is 51.1 Å². The SMILES string of the molecule is C=C(c1ccc(C)c([CH2-])c1)C(C)(C)Cc1oc(-c2ccccc2)nc1C.CC.O=[C-]O.[Y]. The molecule has 0 aliphatic heterocycles. The predicted molar refractivity (Wildman–Crippen MR) is 129 cm³/mol. The summed E-state index contributed by atoms with van der Waals surface area (Å²) in [6.07, 6.45) is 0.748. The van der Waals surface area contributed by atoms with Gasteiger partial charge < -0.3 is 14.3 Å². The van der Waals surface area contributed by atoms with Crippen molar-refractivity contribution < 1.29 is 47.0 Å². The molecule has 169 valence electrons. The number of allylic oxidation sites excluding steroid dienone is 1. The van der Waals surface area contributed by atoms with Crippen LogP contribution in [0.15, 0.2) is 59.5 Å². The van der Waals surface area contributed by atoms with Gasteiger partial charge in [-0.25, -0.2) is 4.98 Å².